The Labute approximate surface area is 133 Å². The fraction of sp³-hybridized carbons (Fsp3) is 0.375. The van der Waals surface area contributed by atoms with Gasteiger partial charge in [-0.25, -0.2) is 4.98 Å². The lowest BCUT2D eigenvalue weighted by atomic mass is 9.97. The third kappa shape index (κ3) is 2.38. The quantitative estimate of drug-likeness (QED) is 0.719. The lowest BCUT2D eigenvalue weighted by Crippen LogP contribution is -2.40. The summed E-state index contributed by atoms with van der Waals surface area (Å²) >= 11 is 0. The Kier molecular flexibility index (Phi) is 3.33. The summed E-state index contributed by atoms with van der Waals surface area (Å²) in [5.74, 6) is 1.17. The van der Waals surface area contributed by atoms with Crippen LogP contribution in [0, 0.1) is 0 Å². The van der Waals surface area contributed by atoms with E-state index in [2.05, 4.69) is 15.2 Å². The zero-order chi connectivity index (χ0) is 15.8. The zero-order valence-corrected chi connectivity index (χ0v) is 13.0. The van der Waals surface area contributed by atoms with Crippen LogP contribution in [0.15, 0.2) is 36.9 Å². The van der Waals surface area contributed by atoms with Crippen LogP contribution >= 0.6 is 0 Å². The number of carbonyl (C=O) groups excluding carboxylic acids is 1. The van der Waals surface area contributed by atoms with Gasteiger partial charge in [0.25, 0.3) is 5.91 Å². The van der Waals surface area contributed by atoms with Crippen LogP contribution in [0.1, 0.15) is 35.1 Å². The molecule has 0 spiro atoms. The van der Waals surface area contributed by atoms with Gasteiger partial charge in [0.1, 0.15) is 11.5 Å². The number of carbonyl (C=O) groups is 1. The molecule has 0 bridgehead atoms. The first kappa shape index (κ1) is 13.9. The number of hydrogen-bond acceptors (Lipinski definition) is 4. The number of amides is 1. The molecule has 0 aromatic carbocycles. The Balaban J connectivity index is 1.60. The number of nitrogens with zero attached hydrogens (tertiary/aromatic N) is 6. The molecule has 118 valence electrons. The number of hydrogen-bond donors (Lipinski definition) is 0. The van der Waals surface area contributed by atoms with Crippen LogP contribution in [0.4, 0.5) is 0 Å². The van der Waals surface area contributed by atoms with E-state index < -0.39 is 0 Å². The average molecular weight is 310 g/mol. The summed E-state index contributed by atoms with van der Waals surface area (Å²) in [6, 6.07) is 5.87. The number of aryl methyl sites for hydroxylation is 1. The standard InChI is InChI=1S/C16H18N6O/c1-20-11-17-9-13(20)16(23)21-7-4-5-12(10-21)15-19-18-14-6-2-3-8-22(14)15/h2-3,6,8-9,11-12H,4-5,7,10H2,1H3/t12-/m1/s1. The third-order valence-electron chi connectivity index (χ3n) is 4.45. The third-order valence-corrected chi connectivity index (χ3v) is 4.45. The van der Waals surface area contributed by atoms with Crippen molar-refractivity contribution in [2.75, 3.05) is 13.1 Å². The second-order valence-corrected chi connectivity index (χ2v) is 5.97. The van der Waals surface area contributed by atoms with Crippen molar-refractivity contribution in [1.82, 2.24) is 29.0 Å². The van der Waals surface area contributed by atoms with E-state index in [-0.39, 0.29) is 11.8 Å². The van der Waals surface area contributed by atoms with E-state index in [1.807, 2.05) is 40.7 Å². The maximum atomic E-state index is 12.7. The van der Waals surface area contributed by atoms with Gasteiger partial charge in [-0.05, 0) is 25.0 Å². The maximum absolute atomic E-state index is 12.7. The van der Waals surface area contributed by atoms with Crippen LogP contribution in [0.5, 0.6) is 0 Å². The normalized spacial score (nSPS) is 18.5. The number of imidazole rings is 1. The number of likely N-dealkylation sites (tertiary alicyclic amines) is 1. The highest BCUT2D eigenvalue weighted by Crippen LogP contribution is 2.26. The molecular weight excluding hydrogens is 292 g/mol. The molecule has 0 saturated carbocycles. The van der Waals surface area contributed by atoms with Crippen LogP contribution in [-0.4, -0.2) is 48.0 Å². The van der Waals surface area contributed by atoms with Crippen LogP contribution in [-0.2, 0) is 7.05 Å². The molecule has 0 unspecified atom stereocenters. The lowest BCUT2D eigenvalue weighted by molar-refractivity contribution is 0.0694. The SMILES string of the molecule is Cn1cncc1C(=O)N1CCC[C@@H](c2nnc3ccccn23)C1. The van der Waals surface area contributed by atoms with Crippen LogP contribution < -0.4 is 0 Å². The van der Waals surface area contributed by atoms with Crippen molar-refractivity contribution in [2.45, 2.75) is 18.8 Å². The van der Waals surface area contributed by atoms with Crippen molar-refractivity contribution in [3.8, 4) is 0 Å². The molecule has 1 amide bonds. The summed E-state index contributed by atoms with van der Waals surface area (Å²) in [7, 11) is 1.84. The fourth-order valence-corrected chi connectivity index (χ4v) is 3.24. The molecular formula is C16H18N6O. The molecule has 1 aliphatic rings. The monoisotopic (exact) mass is 310 g/mol. The van der Waals surface area contributed by atoms with Crippen molar-refractivity contribution in [3.05, 3.63) is 48.4 Å². The summed E-state index contributed by atoms with van der Waals surface area (Å²) in [6.45, 7) is 1.44. The highest BCUT2D eigenvalue weighted by molar-refractivity contribution is 5.92. The summed E-state index contributed by atoms with van der Waals surface area (Å²) in [5.41, 5.74) is 1.47. The molecule has 3 aromatic rings. The van der Waals surface area contributed by atoms with Gasteiger partial charge < -0.3 is 9.47 Å². The van der Waals surface area contributed by atoms with Gasteiger partial charge in [0.05, 0.1) is 12.5 Å². The van der Waals surface area contributed by atoms with E-state index in [4.69, 9.17) is 0 Å². The van der Waals surface area contributed by atoms with Crippen molar-refractivity contribution in [1.29, 1.82) is 0 Å². The topological polar surface area (TPSA) is 68.3 Å². The number of rotatable bonds is 2. The van der Waals surface area contributed by atoms with Crippen LogP contribution in [0.3, 0.4) is 0 Å². The van der Waals surface area contributed by atoms with Gasteiger partial charge in [-0.1, -0.05) is 6.07 Å². The van der Waals surface area contributed by atoms with Gasteiger partial charge in [0, 0.05) is 32.3 Å². The van der Waals surface area contributed by atoms with Crippen molar-refractivity contribution in [3.63, 3.8) is 0 Å². The molecule has 1 fully saturated rings. The fourth-order valence-electron chi connectivity index (χ4n) is 3.24. The molecule has 1 saturated heterocycles. The first-order valence-electron chi connectivity index (χ1n) is 7.79. The molecule has 23 heavy (non-hydrogen) atoms. The van der Waals surface area contributed by atoms with E-state index in [1.165, 1.54) is 0 Å². The Morgan fingerprint density at radius 3 is 3.04 bits per heavy atom. The van der Waals surface area contributed by atoms with Crippen LogP contribution in [0.25, 0.3) is 5.65 Å². The minimum Gasteiger partial charge on any atom is -0.337 e. The molecule has 3 aromatic heterocycles. The maximum Gasteiger partial charge on any atom is 0.272 e. The average Bonchev–Trinajstić information content (AvgIpc) is 3.20. The van der Waals surface area contributed by atoms with E-state index in [9.17, 15) is 4.79 Å². The molecule has 0 radical (unpaired) electrons. The zero-order valence-electron chi connectivity index (χ0n) is 13.0. The minimum absolute atomic E-state index is 0.0310. The highest BCUT2D eigenvalue weighted by Gasteiger charge is 2.29. The predicted octanol–water partition coefficient (Wildman–Crippen LogP) is 1.48. The first-order valence-corrected chi connectivity index (χ1v) is 7.79. The van der Waals surface area contributed by atoms with Gasteiger partial charge >= 0.3 is 0 Å². The van der Waals surface area contributed by atoms with Gasteiger partial charge in [0.2, 0.25) is 0 Å². The van der Waals surface area contributed by atoms with E-state index in [1.54, 1.807) is 17.1 Å². The number of piperidine rings is 1. The number of fused-ring (bicyclic) bond motifs is 1. The van der Waals surface area contributed by atoms with Crippen molar-refractivity contribution in [2.24, 2.45) is 7.05 Å². The van der Waals surface area contributed by atoms with E-state index in [0.717, 1.165) is 30.9 Å². The number of aromatic nitrogens is 5. The van der Waals surface area contributed by atoms with Crippen LogP contribution in [0.2, 0.25) is 0 Å². The molecule has 4 heterocycles. The summed E-state index contributed by atoms with van der Waals surface area (Å²) in [6.07, 6.45) is 7.24. The Morgan fingerprint density at radius 2 is 2.22 bits per heavy atom. The lowest BCUT2D eigenvalue weighted by Gasteiger charge is -2.31. The van der Waals surface area contributed by atoms with E-state index in [0.29, 0.717) is 12.2 Å². The largest absolute Gasteiger partial charge is 0.337 e. The van der Waals surface area contributed by atoms with Crippen molar-refractivity contribution >= 4 is 11.6 Å². The first-order chi connectivity index (χ1) is 11.2. The Morgan fingerprint density at radius 1 is 1.30 bits per heavy atom. The predicted molar refractivity (Wildman–Crippen MR) is 84.1 cm³/mol. The summed E-state index contributed by atoms with van der Waals surface area (Å²) in [4.78, 5) is 18.6. The minimum atomic E-state index is 0.0310. The Bertz CT molecular complexity index is 851. The second kappa shape index (κ2) is 5.49. The van der Waals surface area contributed by atoms with Gasteiger partial charge in [-0.15, -0.1) is 10.2 Å². The molecule has 7 heteroatoms. The molecule has 0 N–H and O–H groups in total. The molecule has 4 rings (SSSR count). The molecule has 1 aliphatic heterocycles. The van der Waals surface area contributed by atoms with Gasteiger partial charge in [0.15, 0.2) is 5.65 Å². The Hall–Kier alpha value is -2.70. The highest BCUT2D eigenvalue weighted by atomic mass is 16.2. The van der Waals surface area contributed by atoms with Gasteiger partial charge in [-0.3, -0.25) is 9.20 Å². The molecule has 1 atom stereocenters. The molecule has 7 nitrogen and oxygen atoms in total. The van der Waals surface area contributed by atoms with Gasteiger partial charge in [-0.2, -0.15) is 0 Å². The van der Waals surface area contributed by atoms with E-state index >= 15 is 0 Å². The number of pyridine rings is 1. The summed E-state index contributed by atoms with van der Waals surface area (Å²) < 4.78 is 3.78. The molecule has 0 aliphatic carbocycles. The smallest absolute Gasteiger partial charge is 0.272 e. The van der Waals surface area contributed by atoms with Crippen molar-refractivity contribution < 1.29 is 4.79 Å². The summed E-state index contributed by atoms with van der Waals surface area (Å²) in [5, 5.41) is 8.57. The second-order valence-electron chi connectivity index (χ2n) is 5.97.